The summed E-state index contributed by atoms with van der Waals surface area (Å²) in [6.45, 7) is 0.496. The number of aliphatic hydroxyl groups excluding tert-OH is 1. The predicted octanol–water partition coefficient (Wildman–Crippen LogP) is 2.82. The molecule has 1 heterocycles. The molecule has 3 rings (SSSR count). The van der Waals surface area contributed by atoms with Crippen molar-refractivity contribution < 1.29 is 9.52 Å². The van der Waals surface area contributed by atoms with Crippen LogP contribution in [-0.4, -0.2) is 21.9 Å². The largest absolute Gasteiger partial charge is 0.419 e. The quantitative estimate of drug-likeness (QED) is 0.690. The van der Waals surface area contributed by atoms with Gasteiger partial charge in [-0.1, -0.05) is 30.3 Å². The van der Waals surface area contributed by atoms with Gasteiger partial charge in [-0.2, -0.15) is 5.26 Å². The Morgan fingerprint density at radius 3 is 2.52 bits per heavy atom. The highest BCUT2D eigenvalue weighted by atomic mass is 16.4. The van der Waals surface area contributed by atoms with Gasteiger partial charge in [-0.3, -0.25) is 0 Å². The number of benzene rings is 2. The molecular formula is C19H18N4O2. The normalized spacial score (nSPS) is 11.8. The van der Waals surface area contributed by atoms with Crippen LogP contribution in [0, 0.1) is 11.3 Å². The molecule has 0 radical (unpaired) electrons. The molecule has 0 aliphatic carbocycles. The number of nitrogens with zero attached hydrogens (tertiary/aromatic N) is 3. The fourth-order valence-electron chi connectivity index (χ4n) is 2.54. The van der Waals surface area contributed by atoms with Gasteiger partial charge in [0.05, 0.1) is 18.2 Å². The zero-order valence-electron chi connectivity index (χ0n) is 13.6. The van der Waals surface area contributed by atoms with E-state index in [9.17, 15) is 5.11 Å². The van der Waals surface area contributed by atoms with E-state index in [-0.39, 0.29) is 12.6 Å². The second-order valence-corrected chi connectivity index (χ2v) is 5.55. The molecular weight excluding hydrogens is 316 g/mol. The molecule has 6 nitrogen and oxygen atoms in total. The predicted molar refractivity (Wildman–Crippen MR) is 92.2 cm³/mol. The summed E-state index contributed by atoms with van der Waals surface area (Å²) in [7, 11) is 0. The molecule has 6 heteroatoms. The van der Waals surface area contributed by atoms with Gasteiger partial charge in [-0.15, -0.1) is 10.2 Å². The van der Waals surface area contributed by atoms with Crippen LogP contribution in [0.4, 0.5) is 0 Å². The fraction of sp³-hybridized carbons (Fsp3) is 0.211. The zero-order valence-corrected chi connectivity index (χ0v) is 13.6. The Balaban J connectivity index is 1.67. The van der Waals surface area contributed by atoms with Crippen LogP contribution in [0.1, 0.15) is 29.5 Å². The molecule has 0 aliphatic heterocycles. The highest BCUT2D eigenvalue weighted by Crippen LogP contribution is 2.20. The number of rotatable bonds is 7. The molecule has 0 saturated heterocycles. The summed E-state index contributed by atoms with van der Waals surface area (Å²) in [5.41, 5.74) is 2.45. The maximum atomic E-state index is 9.28. The van der Waals surface area contributed by atoms with Crippen LogP contribution in [0.3, 0.4) is 0 Å². The Kier molecular flexibility index (Phi) is 5.52. The summed E-state index contributed by atoms with van der Waals surface area (Å²) in [5.74, 6) is 0.887. The second-order valence-electron chi connectivity index (χ2n) is 5.55. The standard InChI is InChI=1S/C19H18N4O2/c20-12-14-6-8-16(9-7-14)19-23-22-18(25-19)13-21-17(10-11-24)15-4-2-1-3-5-15/h1-9,17,21,24H,10-11,13H2. The van der Waals surface area contributed by atoms with Crippen molar-refractivity contribution in [2.24, 2.45) is 0 Å². The molecule has 0 saturated carbocycles. The minimum Gasteiger partial charge on any atom is -0.419 e. The van der Waals surface area contributed by atoms with Crippen LogP contribution in [0.15, 0.2) is 59.0 Å². The van der Waals surface area contributed by atoms with Crippen LogP contribution in [0.5, 0.6) is 0 Å². The monoisotopic (exact) mass is 334 g/mol. The van der Waals surface area contributed by atoms with Gasteiger partial charge in [0.15, 0.2) is 0 Å². The van der Waals surface area contributed by atoms with Crippen molar-refractivity contribution in [2.75, 3.05) is 6.61 Å². The van der Waals surface area contributed by atoms with Crippen LogP contribution >= 0.6 is 0 Å². The van der Waals surface area contributed by atoms with E-state index in [0.717, 1.165) is 11.1 Å². The van der Waals surface area contributed by atoms with Crippen LogP contribution in [-0.2, 0) is 6.54 Å². The highest BCUT2D eigenvalue weighted by molar-refractivity contribution is 5.54. The van der Waals surface area contributed by atoms with Crippen molar-refractivity contribution in [1.29, 1.82) is 5.26 Å². The number of aliphatic hydroxyl groups is 1. The number of aromatic nitrogens is 2. The number of hydrogen-bond donors (Lipinski definition) is 2. The van der Waals surface area contributed by atoms with E-state index in [1.54, 1.807) is 24.3 Å². The molecule has 126 valence electrons. The van der Waals surface area contributed by atoms with Gasteiger partial charge in [-0.05, 0) is 36.2 Å². The lowest BCUT2D eigenvalue weighted by molar-refractivity contribution is 0.263. The van der Waals surface area contributed by atoms with Crippen molar-refractivity contribution in [3.8, 4) is 17.5 Å². The Morgan fingerprint density at radius 2 is 1.84 bits per heavy atom. The van der Waals surface area contributed by atoms with Crippen molar-refractivity contribution in [3.05, 3.63) is 71.6 Å². The Morgan fingerprint density at radius 1 is 1.08 bits per heavy atom. The van der Waals surface area contributed by atoms with Gasteiger partial charge in [0.2, 0.25) is 11.8 Å². The van der Waals surface area contributed by atoms with Crippen molar-refractivity contribution >= 4 is 0 Å². The minimum absolute atomic E-state index is 0.0106. The third kappa shape index (κ3) is 4.29. The minimum atomic E-state index is 0.0106. The van der Waals surface area contributed by atoms with Crippen LogP contribution < -0.4 is 5.32 Å². The lowest BCUT2D eigenvalue weighted by Crippen LogP contribution is -2.22. The first-order chi connectivity index (χ1) is 12.3. The first kappa shape index (κ1) is 16.8. The van der Waals surface area contributed by atoms with Crippen molar-refractivity contribution in [2.45, 2.75) is 19.0 Å². The molecule has 2 N–H and O–H groups in total. The summed E-state index contributed by atoms with van der Waals surface area (Å²) in [4.78, 5) is 0. The van der Waals surface area contributed by atoms with Gasteiger partial charge < -0.3 is 14.8 Å². The molecule has 2 aromatic carbocycles. The van der Waals surface area contributed by atoms with Crippen LogP contribution in [0.25, 0.3) is 11.5 Å². The third-order valence-corrected chi connectivity index (χ3v) is 3.85. The lowest BCUT2D eigenvalue weighted by Gasteiger charge is -2.17. The number of hydrogen-bond acceptors (Lipinski definition) is 6. The van der Waals surface area contributed by atoms with E-state index in [1.807, 2.05) is 30.3 Å². The van der Waals surface area contributed by atoms with E-state index >= 15 is 0 Å². The van der Waals surface area contributed by atoms with Gasteiger partial charge >= 0.3 is 0 Å². The molecule has 25 heavy (non-hydrogen) atoms. The number of nitriles is 1. The molecule has 0 bridgehead atoms. The molecule has 0 aliphatic rings. The molecule has 0 fully saturated rings. The Labute approximate surface area is 145 Å². The van der Waals surface area contributed by atoms with E-state index in [0.29, 0.717) is 30.3 Å². The topological polar surface area (TPSA) is 95.0 Å². The van der Waals surface area contributed by atoms with E-state index in [1.165, 1.54) is 0 Å². The van der Waals surface area contributed by atoms with Crippen LogP contribution in [0.2, 0.25) is 0 Å². The fourth-order valence-corrected chi connectivity index (χ4v) is 2.54. The van der Waals surface area contributed by atoms with Crippen molar-refractivity contribution in [1.82, 2.24) is 15.5 Å². The van der Waals surface area contributed by atoms with E-state index < -0.39 is 0 Å². The van der Waals surface area contributed by atoms with E-state index in [4.69, 9.17) is 9.68 Å². The lowest BCUT2D eigenvalue weighted by atomic mass is 10.0. The SMILES string of the molecule is N#Cc1ccc(-c2nnc(CNC(CCO)c3ccccc3)o2)cc1. The van der Waals surface area contributed by atoms with Gasteiger partial charge in [0, 0.05) is 18.2 Å². The first-order valence-corrected chi connectivity index (χ1v) is 8.02. The summed E-state index contributed by atoms with van der Waals surface area (Å²) in [5, 5.41) is 29.6. The zero-order chi connectivity index (χ0) is 17.5. The van der Waals surface area contributed by atoms with Gasteiger partial charge in [-0.25, -0.2) is 0 Å². The van der Waals surface area contributed by atoms with Crippen molar-refractivity contribution in [3.63, 3.8) is 0 Å². The molecule has 1 aromatic heterocycles. The maximum Gasteiger partial charge on any atom is 0.247 e. The summed E-state index contributed by atoms with van der Waals surface area (Å²) < 4.78 is 5.68. The summed E-state index contributed by atoms with van der Waals surface area (Å²) >= 11 is 0. The highest BCUT2D eigenvalue weighted by Gasteiger charge is 2.13. The van der Waals surface area contributed by atoms with Gasteiger partial charge in [0.25, 0.3) is 0 Å². The number of nitrogens with one attached hydrogen (secondary N) is 1. The second kappa shape index (κ2) is 8.20. The Bertz CT molecular complexity index is 838. The van der Waals surface area contributed by atoms with E-state index in [2.05, 4.69) is 21.6 Å². The summed E-state index contributed by atoms with van der Waals surface area (Å²) in [6, 6.07) is 19.0. The average Bonchev–Trinajstić information content (AvgIpc) is 3.15. The smallest absolute Gasteiger partial charge is 0.247 e. The summed E-state index contributed by atoms with van der Waals surface area (Å²) in [6.07, 6.45) is 0.598. The third-order valence-electron chi connectivity index (χ3n) is 3.85. The first-order valence-electron chi connectivity index (χ1n) is 8.02. The maximum absolute atomic E-state index is 9.28. The molecule has 0 spiro atoms. The average molecular weight is 334 g/mol. The van der Waals surface area contributed by atoms with Gasteiger partial charge in [0.1, 0.15) is 0 Å². The molecule has 3 aromatic rings. The molecule has 0 amide bonds. The Hall–Kier alpha value is -3.01. The molecule has 1 unspecified atom stereocenters. The molecule has 1 atom stereocenters.